The molecule has 11 heteroatoms. The van der Waals surface area contributed by atoms with Crippen molar-refractivity contribution in [1.29, 1.82) is 0 Å². The topological polar surface area (TPSA) is 111 Å². The molecular formula is C45H58N4O7. The second-order valence-electron chi connectivity index (χ2n) is 14.7. The standard InChI is InChI=1S/C45H58N4O7/c1-32-27-49(33(2)30-54-31-36-17-22-40(53-6)23-18-36)44(50)41-26-38(47-45(51)46-37-13-8-7-9-14-37)19-24-42(41)56-34(3)12-10-11-25-55-43(32)29-48(4)28-35-15-20-39(52-5)21-16-35/h7-9,13-24,26,32-34,43H,10-12,25,27-31H2,1-6H3,(H2,46,47,51)/t32-,33+,34+,43+/m1/s1. The Morgan fingerprint density at radius 3 is 2.21 bits per heavy atom. The van der Waals surface area contributed by atoms with Crippen molar-refractivity contribution >= 4 is 23.3 Å². The molecule has 1 heterocycles. The van der Waals surface area contributed by atoms with Crippen molar-refractivity contribution in [3.8, 4) is 17.2 Å². The molecule has 4 aromatic rings. The number of amides is 3. The van der Waals surface area contributed by atoms with Gasteiger partial charge in [-0.15, -0.1) is 0 Å². The number of likely N-dealkylation sites (N-methyl/N-ethyl adjacent to an activating group) is 1. The Kier molecular flexibility index (Phi) is 16.0. The van der Waals surface area contributed by atoms with Crippen LogP contribution in [0.4, 0.5) is 16.2 Å². The van der Waals surface area contributed by atoms with Crippen LogP contribution in [0, 0.1) is 5.92 Å². The van der Waals surface area contributed by atoms with Crippen LogP contribution in [-0.4, -0.2) is 87.6 Å². The fraction of sp³-hybridized carbons (Fsp3) is 0.422. The number of methoxy groups -OCH3 is 2. The SMILES string of the molecule is COc1ccc(COC[C@H](C)N2C[C@@H](C)[C@H](CN(C)Cc3ccc(OC)cc3)OCCCC[C@H](C)Oc3ccc(NC(=O)Nc4ccccc4)cc3C2=O)cc1. The highest BCUT2D eigenvalue weighted by molar-refractivity contribution is 6.02. The van der Waals surface area contributed by atoms with Gasteiger partial charge in [0.05, 0.1) is 51.2 Å². The first-order valence-corrected chi connectivity index (χ1v) is 19.5. The maximum atomic E-state index is 14.9. The molecule has 11 nitrogen and oxygen atoms in total. The van der Waals surface area contributed by atoms with Crippen LogP contribution in [0.5, 0.6) is 17.2 Å². The number of nitrogens with one attached hydrogen (secondary N) is 2. The number of benzene rings is 4. The molecule has 4 aromatic carbocycles. The molecule has 4 atom stereocenters. The monoisotopic (exact) mass is 766 g/mol. The van der Waals surface area contributed by atoms with E-state index in [1.54, 1.807) is 32.4 Å². The maximum absolute atomic E-state index is 14.9. The fourth-order valence-corrected chi connectivity index (χ4v) is 6.75. The Bertz CT molecular complexity index is 1810. The van der Waals surface area contributed by atoms with Crippen molar-refractivity contribution < 1.29 is 33.3 Å². The highest BCUT2D eigenvalue weighted by Gasteiger charge is 2.31. The van der Waals surface area contributed by atoms with Gasteiger partial charge >= 0.3 is 6.03 Å². The van der Waals surface area contributed by atoms with Crippen LogP contribution in [-0.2, 0) is 22.6 Å². The highest BCUT2D eigenvalue weighted by atomic mass is 16.5. The Hall–Kier alpha value is -5.10. The van der Waals surface area contributed by atoms with Crippen LogP contribution in [0.25, 0.3) is 0 Å². The minimum Gasteiger partial charge on any atom is -0.497 e. The summed E-state index contributed by atoms with van der Waals surface area (Å²) >= 11 is 0. The van der Waals surface area contributed by atoms with E-state index < -0.39 is 6.03 Å². The molecule has 1 aliphatic rings. The molecule has 0 fully saturated rings. The van der Waals surface area contributed by atoms with Crippen LogP contribution >= 0.6 is 0 Å². The quantitative estimate of drug-likeness (QED) is 0.140. The number of hydrogen-bond acceptors (Lipinski definition) is 8. The first-order chi connectivity index (χ1) is 27.1. The van der Waals surface area contributed by atoms with Crippen LogP contribution in [0.15, 0.2) is 97.1 Å². The van der Waals surface area contributed by atoms with E-state index in [0.29, 0.717) is 55.6 Å². The molecule has 0 saturated heterocycles. The van der Waals surface area contributed by atoms with Gasteiger partial charge in [-0.25, -0.2) is 4.79 Å². The van der Waals surface area contributed by atoms with Crippen LogP contribution in [0.1, 0.15) is 61.5 Å². The molecular weight excluding hydrogens is 709 g/mol. The molecule has 0 unspecified atom stereocenters. The smallest absolute Gasteiger partial charge is 0.323 e. The zero-order valence-corrected chi connectivity index (χ0v) is 33.7. The van der Waals surface area contributed by atoms with Gasteiger partial charge in [-0.05, 0) is 106 Å². The predicted molar refractivity (Wildman–Crippen MR) is 221 cm³/mol. The third-order valence-electron chi connectivity index (χ3n) is 9.97. The zero-order chi connectivity index (χ0) is 39.9. The summed E-state index contributed by atoms with van der Waals surface area (Å²) in [5.74, 6) is 1.83. The van der Waals surface area contributed by atoms with E-state index in [1.165, 1.54) is 5.56 Å². The number of hydrogen-bond donors (Lipinski definition) is 2. The first-order valence-electron chi connectivity index (χ1n) is 19.5. The predicted octanol–water partition coefficient (Wildman–Crippen LogP) is 8.50. The minimum absolute atomic E-state index is 0.0366. The van der Waals surface area contributed by atoms with E-state index in [-0.39, 0.29) is 30.1 Å². The van der Waals surface area contributed by atoms with E-state index >= 15 is 0 Å². The van der Waals surface area contributed by atoms with Gasteiger partial charge < -0.3 is 39.2 Å². The number of anilines is 2. The molecule has 0 radical (unpaired) electrons. The molecule has 0 aliphatic carbocycles. The minimum atomic E-state index is -0.414. The average molecular weight is 767 g/mol. The van der Waals surface area contributed by atoms with Crippen molar-refractivity contribution in [3.05, 3.63) is 114 Å². The number of carbonyl (C=O) groups is 2. The molecule has 2 N–H and O–H groups in total. The van der Waals surface area contributed by atoms with E-state index in [2.05, 4.69) is 41.6 Å². The van der Waals surface area contributed by atoms with E-state index in [1.807, 2.05) is 85.5 Å². The van der Waals surface area contributed by atoms with Gasteiger partial charge in [-0.2, -0.15) is 0 Å². The van der Waals surface area contributed by atoms with Crippen LogP contribution in [0.3, 0.4) is 0 Å². The van der Waals surface area contributed by atoms with Crippen LogP contribution in [0.2, 0.25) is 0 Å². The van der Waals surface area contributed by atoms with Crippen molar-refractivity contribution in [1.82, 2.24) is 9.80 Å². The molecule has 56 heavy (non-hydrogen) atoms. The largest absolute Gasteiger partial charge is 0.497 e. The second-order valence-corrected chi connectivity index (χ2v) is 14.7. The van der Waals surface area contributed by atoms with Gasteiger partial charge in [0.1, 0.15) is 17.2 Å². The third-order valence-corrected chi connectivity index (χ3v) is 9.97. The Morgan fingerprint density at radius 1 is 0.875 bits per heavy atom. The Balaban J connectivity index is 1.41. The number of urea groups is 1. The third kappa shape index (κ3) is 12.7. The Morgan fingerprint density at radius 2 is 1.54 bits per heavy atom. The summed E-state index contributed by atoms with van der Waals surface area (Å²) in [4.78, 5) is 32.1. The summed E-state index contributed by atoms with van der Waals surface area (Å²) in [5.41, 5.74) is 3.68. The molecule has 3 amide bonds. The highest BCUT2D eigenvalue weighted by Crippen LogP contribution is 2.29. The van der Waals surface area contributed by atoms with E-state index in [0.717, 1.165) is 42.9 Å². The normalized spacial score (nSPS) is 18.6. The van der Waals surface area contributed by atoms with E-state index in [9.17, 15) is 9.59 Å². The molecule has 0 spiro atoms. The van der Waals surface area contributed by atoms with Gasteiger partial charge in [0.2, 0.25) is 0 Å². The number of carbonyl (C=O) groups excluding carboxylic acids is 2. The number of rotatable bonds is 13. The van der Waals surface area contributed by atoms with Crippen molar-refractivity contribution in [2.75, 3.05) is 58.2 Å². The van der Waals surface area contributed by atoms with Crippen molar-refractivity contribution in [2.45, 2.75) is 71.4 Å². The van der Waals surface area contributed by atoms with Crippen LogP contribution < -0.4 is 24.8 Å². The summed E-state index contributed by atoms with van der Waals surface area (Å²) in [6.07, 6.45) is 2.32. The lowest BCUT2D eigenvalue weighted by atomic mass is 10.0. The lowest BCUT2D eigenvalue weighted by Crippen LogP contribution is -2.47. The lowest BCUT2D eigenvalue weighted by Gasteiger charge is -2.36. The summed E-state index contributed by atoms with van der Waals surface area (Å²) in [6.45, 7) is 9.31. The van der Waals surface area contributed by atoms with Crippen molar-refractivity contribution in [3.63, 3.8) is 0 Å². The number of fused-ring (bicyclic) bond motifs is 1. The van der Waals surface area contributed by atoms with Gasteiger partial charge in [-0.3, -0.25) is 9.69 Å². The molecule has 5 rings (SSSR count). The zero-order valence-electron chi connectivity index (χ0n) is 33.7. The summed E-state index contributed by atoms with van der Waals surface area (Å²) < 4.78 is 30.0. The number of nitrogens with zero attached hydrogens (tertiary/aromatic N) is 2. The summed E-state index contributed by atoms with van der Waals surface area (Å²) in [5, 5.41) is 5.75. The van der Waals surface area contributed by atoms with Gasteiger partial charge in [0, 0.05) is 43.5 Å². The molecule has 0 bridgehead atoms. The molecule has 1 aliphatic heterocycles. The number of ether oxygens (including phenoxy) is 5. The average Bonchev–Trinajstić information content (AvgIpc) is 3.20. The van der Waals surface area contributed by atoms with E-state index in [4.69, 9.17) is 23.7 Å². The molecule has 0 saturated carbocycles. The first kappa shape index (κ1) is 42.1. The van der Waals surface area contributed by atoms with Gasteiger partial charge in [-0.1, -0.05) is 49.4 Å². The Labute approximate surface area is 332 Å². The summed E-state index contributed by atoms with van der Waals surface area (Å²) in [6, 6.07) is 29.6. The van der Waals surface area contributed by atoms with Gasteiger partial charge in [0.15, 0.2) is 0 Å². The molecule has 300 valence electrons. The van der Waals surface area contributed by atoms with Gasteiger partial charge in [0.25, 0.3) is 5.91 Å². The maximum Gasteiger partial charge on any atom is 0.323 e. The number of para-hydroxylation sites is 1. The fourth-order valence-electron chi connectivity index (χ4n) is 6.75. The summed E-state index contributed by atoms with van der Waals surface area (Å²) in [7, 11) is 5.41. The lowest BCUT2D eigenvalue weighted by molar-refractivity contribution is -0.0205. The van der Waals surface area contributed by atoms with Crippen molar-refractivity contribution in [2.24, 2.45) is 5.92 Å². The second kappa shape index (κ2) is 21.3. The molecule has 0 aromatic heterocycles.